The van der Waals surface area contributed by atoms with Gasteiger partial charge in [0.05, 0.1) is 5.92 Å². The zero-order chi connectivity index (χ0) is 23.0. The van der Waals surface area contributed by atoms with Gasteiger partial charge in [-0.15, -0.1) is 0 Å². The van der Waals surface area contributed by atoms with Crippen molar-refractivity contribution in [2.45, 2.75) is 38.3 Å². The van der Waals surface area contributed by atoms with E-state index in [-0.39, 0.29) is 5.92 Å². The molecule has 2 unspecified atom stereocenters. The lowest BCUT2D eigenvalue weighted by Crippen LogP contribution is -2.26. The van der Waals surface area contributed by atoms with Crippen molar-refractivity contribution in [2.75, 3.05) is 6.54 Å². The standard InChI is InChI=1S/C27H28N2O4/c1-2-24(27(30)31)32-21-12-8-9-19(17-21)18-28-16-15-22(20-10-4-3-5-11-20)26-29-23-13-6-7-14-25(23)33-26/h3-14,17,22,24,28H,2,15-16,18H2,1H3,(H,30,31). The van der Waals surface area contributed by atoms with Crippen LogP contribution in [-0.4, -0.2) is 28.7 Å². The molecule has 1 aromatic heterocycles. The Balaban J connectivity index is 1.40. The molecule has 2 atom stereocenters. The molecule has 6 heteroatoms. The molecule has 0 fully saturated rings. The zero-order valence-electron chi connectivity index (χ0n) is 18.6. The highest BCUT2D eigenvalue weighted by Crippen LogP contribution is 2.29. The molecule has 3 aromatic carbocycles. The third-order valence-corrected chi connectivity index (χ3v) is 5.57. The molecule has 33 heavy (non-hydrogen) atoms. The van der Waals surface area contributed by atoms with E-state index >= 15 is 0 Å². The largest absolute Gasteiger partial charge is 0.479 e. The summed E-state index contributed by atoms with van der Waals surface area (Å²) < 4.78 is 11.7. The number of nitrogens with one attached hydrogen (secondary N) is 1. The van der Waals surface area contributed by atoms with Crippen molar-refractivity contribution < 1.29 is 19.1 Å². The molecule has 0 spiro atoms. The lowest BCUT2D eigenvalue weighted by Gasteiger charge is -2.15. The summed E-state index contributed by atoms with van der Waals surface area (Å²) in [5.74, 6) is 0.380. The molecule has 2 N–H and O–H groups in total. The molecule has 0 amide bonds. The molecule has 170 valence electrons. The third-order valence-electron chi connectivity index (χ3n) is 5.57. The number of aromatic nitrogens is 1. The number of carboxylic acids is 1. The van der Waals surface area contributed by atoms with Crippen molar-refractivity contribution in [3.05, 3.63) is 95.9 Å². The van der Waals surface area contributed by atoms with Crippen LogP contribution in [0.2, 0.25) is 0 Å². The van der Waals surface area contributed by atoms with Gasteiger partial charge < -0.3 is 19.6 Å². The Morgan fingerprint density at radius 3 is 2.61 bits per heavy atom. The lowest BCUT2D eigenvalue weighted by molar-refractivity contribution is -0.145. The average Bonchev–Trinajstić information content (AvgIpc) is 3.27. The second-order valence-corrected chi connectivity index (χ2v) is 7.95. The van der Waals surface area contributed by atoms with Crippen LogP contribution in [0.3, 0.4) is 0 Å². The van der Waals surface area contributed by atoms with E-state index in [4.69, 9.17) is 14.1 Å². The van der Waals surface area contributed by atoms with Crippen LogP contribution >= 0.6 is 0 Å². The van der Waals surface area contributed by atoms with Gasteiger partial charge >= 0.3 is 5.97 Å². The number of carbonyl (C=O) groups is 1. The first-order valence-corrected chi connectivity index (χ1v) is 11.2. The van der Waals surface area contributed by atoms with Crippen LogP contribution in [0.15, 0.2) is 83.3 Å². The first kappa shape index (κ1) is 22.6. The molecule has 6 nitrogen and oxygen atoms in total. The molecule has 4 aromatic rings. The van der Waals surface area contributed by atoms with E-state index in [0.717, 1.165) is 35.5 Å². The van der Waals surface area contributed by atoms with Crippen molar-refractivity contribution >= 4 is 17.1 Å². The zero-order valence-corrected chi connectivity index (χ0v) is 18.6. The van der Waals surface area contributed by atoms with Crippen LogP contribution in [0.25, 0.3) is 11.1 Å². The highest BCUT2D eigenvalue weighted by molar-refractivity contribution is 5.73. The normalized spacial score (nSPS) is 13.0. The van der Waals surface area contributed by atoms with E-state index in [1.807, 2.05) is 60.7 Å². The fourth-order valence-electron chi connectivity index (χ4n) is 3.84. The summed E-state index contributed by atoms with van der Waals surface area (Å²) in [4.78, 5) is 16.0. The number of rotatable bonds is 11. The smallest absolute Gasteiger partial charge is 0.344 e. The van der Waals surface area contributed by atoms with Crippen LogP contribution in [0, 0.1) is 0 Å². The van der Waals surface area contributed by atoms with Gasteiger partial charge in [-0.3, -0.25) is 0 Å². The van der Waals surface area contributed by atoms with Gasteiger partial charge in [-0.05, 0) is 54.8 Å². The van der Waals surface area contributed by atoms with Gasteiger partial charge in [-0.1, -0.05) is 61.5 Å². The Morgan fingerprint density at radius 2 is 1.85 bits per heavy atom. The minimum atomic E-state index is -0.952. The fourth-order valence-corrected chi connectivity index (χ4v) is 3.84. The summed E-state index contributed by atoms with van der Waals surface area (Å²) in [6.07, 6.45) is 0.398. The molecule has 0 aliphatic rings. The Hall–Kier alpha value is -3.64. The van der Waals surface area contributed by atoms with E-state index < -0.39 is 12.1 Å². The van der Waals surface area contributed by atoms with Gasteiger partial charge in [0.15, 0.2) is 11.7 Å². The SMILES string of the molecule is CCC(Oc1cccc(CNCCC(c2ccccc2)c2nc3ccccc3o2)c1)C(=O)O. The first-order valence-electron chi connectivity index (χ1n) is 11.2. The van der Waals surface area contributed by atoms with Gasteiger partial charge in [-0.25, -0.2) is 9.78 Å². The number of hydrogen-bond donors (Lipinski definition) is 2. The number of para-hydroxylation sites is 2. The predicted molar refractivity (Wildman–Crippen MR) is 127 cm³/mol. The van der Waals surface area contributed by atoms with E-state index in [9.17, 15) is 9.90 Å². The number of ether oxygens (including phenoxy) is 1. The molecular weight excluding hydrogens is 416 g/mol. The van der Waals surface area contributed by atoms with Crippen LogP contribution in [-0.2, 0) is 11.3 Å². The molecule has 0 aliphatic carbocycles. The molecule has 0 saturated heterocycles. The summed E-state index contributed by atoms with van der Waals surface area (Å²) in [6, 6.07) is 25.6. The summed E-state index contributed by atoms with van der Waals surface area (Å²) in [5.41, 5.74) is 3.86. The van der Waals surface area contributed by atoms with Crippen LogP contribution in [0.1, 0.15) is 42.7 Å². The van der Waals surface area contributed by atoms with Crippen LogP contribution in [0.4, 0.5) is 0 Å². The predicted octanol–water partition coefficient (Wildman–Crippen LogP) is 5.38. The number of nitrogens with zero attached hydrogens (tertiary/aromatic N) is 1. The van der Waals surface area contributed by atoms with E-state index in [1.54, 1.807) is 13.0 Å². The number of fused-ring (bicyclic) bond motifs is 1. The van der Waals surface area contributed by atoms with E-state index in [2.05, 4.69) is 17.4 Å². The number of benzene rings is 3. The first-order chi connectivity index (χ1) is 16.1. The summed E-state index contributed by atoms with van der Waals surface area (Å²) in [7, 11) is 0. The van der Waals surface area contributed by atoms with Crippen molar-refractivity contribution in [3.63, 3.8) is 0 Å². The lowest BCUT2D eigenvalue weighted by atomic mass is 9.95. The third kappa shape index (κ3) is 5.79. The molecular formula is C27H28N2O4. The van der Waals surface area contributed by atoms with E-state index in [0.29, 0.717) is 18.7 Å². The molecule has 0 bridgehead atoms. The number of aliphatic carboxylic acids is 1. The molecule has 0 saturated carbocycles. The number of carboxylic acid groups (broad SMARTS) is 1. The minimum Gasteiger partial charge on any atom is -0.479 e. The minimum absolute atomic E-state index is 0.0432. The van der Waals surface area contributed by atoms with Gasteiger partial charge in [-0.2, -0.15) is 0 Å². The van der Waals surface area contributed by atoms with Crippen LogP contribution in [0.5, 0.6) is 5.75 Å². The van der Waals surface area contributed by atoms with Crippen LogP contribution < -0.4 is 10.1 Å². The Labute approximate surface area is 193 Å². The highest BCUT2D eigenvalue weighted by atomic mass is 16.5. The Bertz CT molecular complexity index is 1160. The van der Waals surface area contributed by atoms with Crippen molar-refractivity contribution in [1.82, 2.24) is 10.3 Å². The van der Waals surface area contributed by atoms with Gasteiger partial charge in [0.25, 0.3) is 0 Å². The van der Waals surface area contributed by atoms with Gasteiger partial charge in [0, 0.05) is 6.54 Å². The summed E-state index contributed by atoms with van der Waals surface area (Å²) in [6.45, 7) is 3.20. The maximum absolute atomic E-state index is 11.2. The second kappa shape index (κ2) is 10.8. The number of hydrogen-bond acceptors (Lipinski definition) is 5. The highest BCUT2D eigenvalue weighted by Gasteiger charge is 2.20. The maximum atomic E-state index is 11.2. The van der Waals surface area contributed by atoms with Gasteiger partial charge in [0.1, 0.15) is 11.3 Å². The Morgan fingerprint density at radius 1 is 1.06 bits per heavy atom. The summed E-state index contributed by atoms with van der Waals surface area (Å²) >= 11 is 0. The average molecular weight is 445 g/mol. The van der Waals surface area contributed by atoms with Crippen molar-refractivity contribution in [3.8, 4) is 5.75 Å². The Kier molecular flexibility index (Phi) is 7.37. The second-order valence-electron chi connectivity index (χ2n) is 7.95. The molecule has 0 radical (unpaired) electrons. The van der Waals surface area contributed by atoms with E-state index in [1.165, 1.54) is 5.56 Å². The van der Waals surface area contributed by atoms with Crippen molar-refractivity contribution in [1.29, 1.82) is 0 Å². The van der Waals surface area contributed by atoms with Crippen molar-refractivity contribution in [2.24, 2.45) is 0 Å². The monoisotopic (exact) mass is 444 g/mol. The maximum Gasteiger partial charge on any atom is 0.344 e. The topological polar surface area (TPSA) is 84.6 Å². The molecule has 1 heterocycles. The molecule has 0 aliphatic heterocycles. The van der Waals surface area contributed by atoms with Gasteiger partial charge in [0.2, 0.25) is 5.89 Å². The fraction of sp³-hybridized carbons (Fsp3) is 0.259. The quantitative estimate of drug-likeness (QED) is 0.302. The summed E-state index contributed by atoms with van der Waals surface area (Å²) in [5, 5.41) is 12.7. The number of oxazole rings is 1. The molecule has 4 rings (SSSR count).